The molecular weight excluding hydrogens is 432 g/mol. The number of hydrogen-bond donors (Lipinski definition) is 1. The van der Waals surface area contributed by atoms with Crippen LogP contribution in [0.15, 0.2) is 47.4 Å². The van der Waals surface area contributed by atoms with Crippen LogP contribution in [-0.2, 0) is 14.8 Å². The molecule has 11 heteroatoms. The first-order valence-electron chi connectivity index (χ1n) is 9.18. The zero-order valence-corrected chi connectivity index (χ0v) is 18.0. The van der Waals surface area contributed by atoms with E-state index in [4.69, 9.17) is 11.6 Å². The van der Waals surface area contributed by atoms with Crippen molar-refractivity contribution in [3.05, 3.63) is 57.6 Å². The number of nitro groups is 1. The first kappa shape index (κ1) is 22.0. The second-order valence-electron chi connectivity index (χ2n) is 7.01. The highest BCUT2D eigenvalue weighted by Crippen LogP contribution is 2.33. The molecule has 1 N–H and O–H groups in total. The molecule has 1 atom stereocenters. The van der Waals surface area contributed by atoms with Gasteiger partial charge in [-0.05, 0) is 43.3 Å². The molecule has 0 aromatic heterocycles. The van der Waals surface area contributed by atoms with Gasteiger partial charge >= 0.3 is 0 Å². The number of nitro benzene ring substituents is 1. The van der Waals surface area contributed by atoms with Crippen LogP contribution in [0.1, 0.15) is 13.8 Å². The molecule has 1 amide bonds. The number of sulfonamides is 1. The highest BCUT2D eigenvalue weighted by molar-refractivity contribution is 7.89. The summed E-state index contributed by atoms with van der Waals surface area (Å²) in [4.78, 5) is 23.9. The molecule has 2 aromatic carbocycles. The van der Waals surface area contributed by atoms with E-state index in [2.05, 4.69) is 5.32 Å². The monoisotopic (exact) mass is 452 g/mol. The van der Waals surface area contributed by atoms with Gasteiger partial charge in [-0.25, -0.2) is 8.42 Å². The zero-order chi connectivity index (χ0) is 22.1. The van der Waals surface area contributed by atoms with E-state index in [1.165, 1.54) is 41.6 Å². The van der Waals surface area contributed by atoms with Crippen molar-refractivity contribution in [1.82, 2.24) is 4.31 Å². The molecule has 30 heavy (non-hydrogen) atoms. The van der Waals surface area contributed by atoms with E-state index in [0.717, 1.165) is 0 Å². The maximum atomic E-state index is 13.1. The van der Waals surface area contributed by atoms with Crippen molar-refractivity contribution in [3.8, 4) is 0 Å². The molecule has 1 aliphatic rings. The Labute approximate surface area is 179 Å². The van der Waals surface area contributed by atoms with Crippen LogP contribution in [-0.4, -0.2) is 49.2 Å². The van der Waals surface area contributed by atoms with Gasteiger partial charge in [0.25, 0.3) is 5.69 Å². The number of rotatable bonds is 5. The highest BCUT2D eigenvalue weighted by Gasteiger charge is 2.35. The molecule has 9 nitrogen and oxygen atoms in total. The highest BCUT2D eigenvalue weighted by atomic mass is 35.5. The van der Waals surface area contributed by atoms with Gasteiger partial charge in [0, 0.05) is 49.4 Å². The summed E-state index contributed by atoms with van der Waals surface area (Å²) in [7, 11) is -3.76. The van der Waals surface area contributed by atoms with Crippen LogP contribution in [0.4, 0.5) is 17.1 Å². The fraction of sp³-hybridized carbons (Fsp3) is 0.316. The number of halogens is 1. The summed E-state index contributed by atoms with van der Waals surface area (Å²) in [6.45, 7) is 3.91. The van der Waals surface area contributed by atoms with Crippen molar-refractivity contribution < 1.29 is 18.1 Å². The maximum Gasteiger partial charge on any atom is 0.294 e. The van der Waals surface area contributed by atoms with Gasteiger partial charge in [0.1, 0.15) is 5.69 Å². The van der Waals surface area contributed by atoms with Crippen LogP contribution < -0.4 is 10.2 Å². The van der Waals surface area contributed by atoms with Crippen molar-refractivity contribution in [3.63, 3.8) is 0 Å². The summed E-state index contributed by atoms with van der Waals surface area (Å²) in [5.41, 5.74) is 0.807. The number of nitrogens with one attached hydrogen (secondary N) is 1. The van der Waals surface area contributed by atoms with E-state index >= 15 is 0 Å². The van der Waals surface area contributed by atoms with Gasteiger partial charge < -0.3 is 10.2 Å². The molecule has 0 spiro atoms. The molecule has 0 aliphatic carbocycles. The fourth-order valence-corrected chi connectivity index (χ4v) is 5.26. The molecule has 1 aliphatic heterocycles. The normalized spacial score (nSPS) is 17.6. The Morgan fingerprint density at radius 3 is 2.43 bits per heavy atom. The van der Waals surface area contributed by atoms with Crippen LogP contribution >= 0.6 is 11.6 Å². The molecule has 1 fully saturated rings. The Hall–Kier alpha value is -2.69. The molecule has 0 bridgehead atoms. The zero-order valence-electron chi connectivity index (χ0n) is 16.4. The number of amides is 1. The molecule has 1 heterocycles. The molecule has 3 rings (SSSR count). The number of carbonyl (C=O) groups excluding carboxylic acids is 1. The van der Waals surface area contributed by atoms with Gasteiger partial charge in [0.05, 0.1) is 9.82 Å². The minimum absolute atomic E-state index is 0.112. The van der Waals surface area contributed by atoms with E-state index < -0.39 is 21.0 Å². The largest absolute Gasteiger partial charge is 0.363 e. The molecule has 1 unspecified atom stereocenters. The van der Waals surface area contributed by atoms with E-state index in [0.29, 0.717) is 24.5 Å². The summed E-state index contributed by atoms with van der Waals surface area (Å²) in [6, 6.07) is 10.0. The number of hydrogen-bond acceptors (Lipinski definition) is 6. The van der Waals surface area contributed by atoms with Crippen molar-refractivity contribution >= 4 is 44.6 Å². The van der Waals surface area contributed by atoms with Crippen molar-refractivity contribution in [2.24, 2.45) is 0 Å². The van der Waals surface area contributed by atoms with Crippen LogP contribution in [0.5, 0.6) is 0 Å². The average molecular weight is 453 g/mol. The Balaban J connectivity index is 1.80. The van der Waals surface area contributed by atoms with Gasteiger partial charge in [-0.1, -0.05) is 11.6 Å². The maximum absolute atomic E-state index is 13.1. The van der Waals surface area contributed by atoms with Crippen molar-refractivity contribution in [2.45, 2.75) is 24.8 Å². The standard InChI is InChI=1S/C19H21ClN4O5S/c1-13-12-22(18-8-3-15(20)11-19(18)24(26)27)9-10-23(13)30(28,29)17-6-4-16(5-7-17)21-14(2)25/h3-8,11,13H,9-10,12H2,1-2H3,(H,21,25). The molecule has 0 radical (unpaired) electrons. The number of benzene rings is 2. The Kier molecular flexibility index (Phi) is 6.30. The number of anilines is 2. The van der Waals surface area contributed by atoms with E-state index in [1.807, 2.05) is 0 Å². The Morgan fingerprint density at radius 2 is 1.87 bits per heavy atom. The van der Waals surface area contributed by atoms with E-state index in [-0.39, 0.29) is 28.1 Å². The minimum Gasteiger partial charge on any atom is -0.363 e. The smallest absolute Gasteiger partial charge is 0.294 e. The van der Waals surface area contributed by atoms with Crippen molar-refractivity contribution in [1.29, 1.82) is 0 Å². The fourth-order valence-electron chi connectivity index (χ4n) is 3.48. The van der Waals surface area contributed by atoms with Crippen LogP contribution in [0.3, 0.4) is 0 Å². The topological polar surface area (TPSA) is 113 Å². The summed E-state index contributed by atoms with van der Waals surface area (Å²) in [6.07, 6.45) is 0. The van der Waals surface area contributed by atoms with Gasteiger partial charge in [-0.2, -0.15) is 4.31 Å². The minimum atomic E-state index is -3.76. The SMILES string of the molecule is CC(=O)Nc1ccc(S(=O)(=O)N2CCN(c3ccc(Cl)cc3[N+](=O)[O-])CC2C)cc1. The van der Waals surface area contributed by atoms with Gasteiger partial charge in [0.15, 0.2) is 0 Å². The Morgan fingerprint density at radius 1 is 1.20 bits per heavy atom. The predicted molar refractivity (Wildman–Crippen MR) is 114 cm³/mol. The number of nitrogens with zero attached hydrogens (tertiary/aromatic N) is 3. The Bertz CT molecular complexity index is 1070. The lowest BCUT2D eigenvalue weighted by atomic mass is 10.2. The van der Waals surface area contributed by atoms with Crippen LogP contribution in [0.25, 0.3) is 0 Å². The molecule has 160 valence electrons. The average Bonchev–Trinajstić information content (AvgIpc) is 2.67. The summed E-state index contributed by atoms with van der Waals surface area (Å²) in [5, 5.41) is 14.3. The van der Waals surface area contributed by atoms with Gasteiger partial charge in [-0.15, -0.1) is 0 Å². The number of carbonyl (C=O) groups is 1. The number of piperazine rings is 1. The third kappa shape index (κ3) is 4.55. The predicted octanol–water partition coefficient (Wildman–Crippen LogP) is 3.11. The quantitative estimate of drug-likeness (QED) is 0.551. The molecule has 1 saturated heterocycles. The summed E-state index contributed by atoms with van der Waals surface area (Å²) < 4.78 is 27.6. The van der Waals surface area contributed by atoms with E-state index in [1.54, 1.807) is 24.0 Å². The third-order valence-corrected chi connectivity index (χ3v) is 7.09. The molecular formula is C19H21ClN4O5S. The lowest BCUT2D eigenvalue weighted by Crippen LogP contribution is -2.54. The van der Waals surface area contributed by atoms with E-state index in [9.17, 15) is 23.3 Å². The van der Waals surface area contributed by atoms with Crippen molar-refractivity contribution in [2.75, 3.05) is 29.9 Å². The van der Waals surface area contributed by atoms with Gasteiger partial charge in [-0.3, -0.25) is 14.9 Å². The third-order valence-electron chi connectivity index (χ3n) is 4.82. The first-order valence-corrected chi connectivity index (χ1v) is 11.0. The first-order chi connectivity index (χ1) is 14.1. The van der Waals surface area contributed by atoms with Gasteiger partial charge in [0.2, 0.25) is 15.9 Å². The lowest BCUT2D eigenvalue weighted by molar-refractivity contribution is -0.384. The summed E-state index contributed by atoms with van der Waals surface area (Å²) in [5.74, 6) is -0.244. The second-order valence-corrected chi connectivity index (χ2v) is 9.33. The lowest BCUT2D eigenvalue weighted by Gasteiger charge is -2.39. The second kappa shape index (κ2) is 8.58. The summed E-state index contributed by atoms with van der Waals surface area (Å²) >= 11 is 5.88. The van der Waals surface area contributed by atoms with Crippen LogP contribution in [0, 0.1) is 10.1 Å². The molecule has 2 aromatic rings. The molecule has 0 saturated carbocycles. The van der Waals surface area contributed by atoms with Crippen LogP contribution in [0.2, 0.25) is 5.02 Å².